The second-order valence-electron chi connectivity index (χ2n) is 4.68. The molecule has 2 rings (SSSR count). The number of hydrogen-bond donors (Lipinski definition) is 1. The van der Waals surface area contributed by atoms with Crippen molar-refractivity contribution in [3.8, 4) is 5.75 Å². The largest absolute Gasteiger partial charge is 0.497 e. The fourth-order valence-electron chi connectivity index (χ4n) is 2.17. The first-order valence-electron chi connectivity index (χ1n) is 6.73. The topological polar surface area (TPSA) is 34.1 Å². The van der Waals surface area contributed by atoms with Crippen molar-refractivity contribution >= 4 is 23.4 Å². The minimum absolute atomic E-state index is 0.235. The monoisotopic (exact) mass is 322 g/mol. The summed E-state index contributed by atoms with van der Waals surface area (Å²) in [6.45, 7) is 2.19. The highest BCUT2D eigenvalue weighted by Crippen LogP contribution is 2.31. The van der Waals surface area contributed by atoms with E-state index < -0.39 is 0 Å². The quantitative estimate of drug-likeness (QED) is 0.809. The fourth-order valence-corrected chi connectivity index (χ4v) is 3.36. The van der Waals surface area contributed by atoms with Gasteiger partial charge >= 0.3 is 0 Å². The van der Waals surface area contributed by atoms with Crippen LogP contribution in [0.1, 0.15) is 18.5 Å². The van der Waals surface area contributed by atoms with Gasteiger partial charge < -0.3 is 10.1 Å². The molecule has 2 atom stereocenters. The van der Waals surface area contributed by atoms with E-state index in [1.165, 1.54) is 5.56 Å². The maximum absolute atomic E-state index is 5.87. The van der Waals surface area contributed by atoms with Gasteiger partial charge in [-0.2, -0.15) is 0 Å². The number of nitrogens with one attached hydrogen (secondary N) is 1. The van der Waals surface area contributed by atoms with Crippen molar-refractivity contribution in [2.24, 2.45) is 0 Å². The number of nitrogens with zero attached hydrogens (tertiary/aromatic N) is 1. The Labute approximate surface area is 135 Å². The lowest BCUT2D eigenvalue weighted by Crippen LogP contribution is -2.25. The molecule has 0 aliphatic carbocycles. The number of thioether (sulfide) groups is 1. The Bertz CT molecular complexity index is 559. The number of pyridine rings is 1. The molecule has 5 heteroatoms. The Morgan fingerprint density at radius 3 is 2.43 bits per heavy atom. The van der Waals surface area contributed by atoms with E-state index in [0.29, 0.717) is 10.3 Å². The maximum Gasteiger partial charge on any atom is 0.118 e. The third-order valence-corrected chi connectivity index (χ3v) is 4.61. The van der Waals surface area contributed by atoms with Crippen LogP contribution in [-0.4, -0.2) is 24.4 Å². The number of hydrogen-bond acceptors (Lipinski definition) is 4. The number of methoxy groups -OCH3 is 1. The predicted octanol–water partition coefficient (Wildman–Crippen LogP) is 4.18. The molecule has 0 spiro atoms. The van der Waals surface area contributed by atoms with Gasteiger partial charge in [-0.3, -0.25) is 0 Å². The number of halogens is 1. The maximum atomic E-state index is 5.87. The standard InChI is InChI=1S/C16H19ClN2OS/c1-11(21-15-9-6-13(17)10-19-15)16(18-2)12-4-7-14(20-3)8-5-12/h4-11,16,18H,1-3H3. The van der Waals surface area contributed by atoms with Crippen molar-refractivity contribution in [2.45, 2.75) is 23.2 Å². The summed E-state index contributed by atoms with van der Waals surface area (Å²) in [5, 5.41) is 5.33. The molecular weight excluding hydrogens is 304 g/mol. The normalized spacial score (nSPS) is 13.7. The molecule has 0 saturated carbocycles. The Hall–Kier alpha value is -1.23. The van der Waals surface area contributed by atoms with E-state index >= 15 is 0 Å². The number of ether oxygens (including phenoxy) is 1. The van der Waals surface area contributed by atoms with E-state index in [9.17, 15) is 0 Å². The Balaban J connectivity index is 2.09. The molecule has 0 saturated heterocycles. The molecule has 1 N–H and O–H groups in total. The number of rotatable bonds is 6. The van der Waals surface area contributed by atoms with Gasteiger partial charge in [0.25, 0.3) is 0 Å². The molecule has 2 aromatic rings. The van der Waals surface area contributed by atoms with Crippen LogP contribution in [0.15, 0.2) is 47.6 Å². The number of benzene rings is 1. The van der Waals surface area contributed by atoms with E-state index in [1.54, 1.807) is 25.1 Å². The summed E-state index contributed by atoms with van der Waals surface area (Å²) < 4.78 is 5.20. The van der Waals surface area contributed by atoms with Crippen LogP contribution in [0.5, 0.6) is 5.75 Å². The van der Waals surface area contributed by atoms with Crippen molar-refractivity contribution in [3.05, 3.63) is 53.2 Å². The molecule has 0 amide bonds. The first-order chi connectivity index (χ1) is 10.1. The van der Waals surface area contributed by atoms with E-state index in [0.717, 1.165) is 10.8 Å². The molecule has 1 aromatic heterocycles. The third-order valence-electron chi connectivity index (χ3n) is 3.26. The average Bonchev–Trinajstić information content (AvgIpc) is 2.51. The van der Waals surface area contributed by atoms with Crippen molar-refractivity contribution < 1.29 is 4.74 Å². The first kappa shape index (κ1) is 16.1. The summed E-state index contributed by atoms with van der Waals surface area (Å²) in [6.07, 6.45) is 1.68. The highest BCUT2D eigenvalue weighted by molar-refractivity contribution is 7.99. The summed E-state index contributed by atoms with van der Waals surface area (Å²) in [6, 6.07) is 12.2. The van der Waals surface area contributed by atoms with Gasteiger partial charge in [-0.25, -0.2) is 4.98 Å². The summed E-state index contributed by atoms with van der Waals surface area (Å²) in [4.78, 5) is 4.34. The van der Waals surface area contributed by atoms with Gasteiger partial charge in [-0.15, -0.1) is 11.8 Å². The van der Waals surface area contributed by atoms with Crippen LogP contribution in [0.4, 0.5) is 0 Å². The van der Waals surface area contributed by atoms with E-state index in [-0.39, 0.29) is 6.04 Å². The molecule has 0 radical (unpaired) electrons. The Morgan fingerprint density at radius 1 is 1.19 bits per heavy atom. The zero-order valence-electron chi connectivity index (χ0n) is 12.3. The summed E-state index contributed by atoms with van der Waals surface area (Å²) >= 11 is 7.59. The zero-order valence-corrected chi connectivity index (χ0v) is 13.9. The van der Waals surface area contributed by atoms with Crippen molar-refractivity contribution in [1.82, 2.24) is 10.3 Å². The van der Waals surface area contributed by atoms with Gasteiger partial charge in [0.05, 0.1) is 17.2 Å². The first-order valence-corrected chi connectivity index (χ1v) is 7.99. The molecule has 112 valence electrons. The Kier molecular flexibility index (Phi) is 5.91. The molecule has 0 aliphatic rings. The minimum Gasteiger partial charge on any atom is -0.497 e. The van der Waals surface area contributed by atoms with Crippen LogP contribution >= 0.6 is 23.4 Å². The highest BCUT2D eigenvalue weighted by atomic mass is 35.5. The van der Waals surface area contributed by atoms with Crippen LogP contribution < -0.4 is 10.1 Å². The molecule has 1 aromatic carbocycles. The molecule has 21 heavy (non-hydrogen) atoms. The molecule has 0 aliphatic heterocycles. The van der Waals surface area contributed by atoms with Crippen LogP contribution in [0.3, 0.4) is 0 Å². The lowest BCUT2D eigenvalue weighted by molar-refractivity contribution is 0.414. The molecule has 0 bridgehead atoms. The van der Waals surface area contributed by atoms with Gasteiger partial charge in [-0.1, -0.05) is 30.7 Å². The van der Waals surface area contributed by atoms with Crippen molar-refractivity contribution in [2.75, 3.05) is 14.2 Å². The smallest absolute Gasteiger partial charge is 0.118 e. The number of aromatic nitrogens is 1. The highest BCUT2D eigenvalue weighted by Gasteiger charge is 2.19. The summed E-state index contributed by atoms with van der Waals surface area (Å²) in [7, 11) is 3.65. The fraction of sp³-hybridized carbons (Fsp3) is 0.312. The van der Waals surface area contributed by atoms with Gasteiger partial charge in [0.2, 0.25) is 0 Å². The summed E-state index contributed by atoms with van der Waals surface area (Å²) in [5.74, 6) is 0.869. The molecule has 2 unspecified atom stereocenters. The predicted molar refractivity (Wildman–Crippen MR) is 89.4 cm³/mol. The third kappa shape index (κ3) is 4.37. The molecule has 0 fully saturated rings. The second kappa shape index (κ2) is 7.69. The van der Waals surface area contributed by atoms with Gasteiger partial charge in [-0.05, 0) is 36.9 Å². The van der Waals surface area contributed by atoms with E-state index in [1.807, 2.05) is 31.3 Å². The Morgan fingerprint density at radius 2 is 1.90 bits per heavy atom. The zero-order chi connectivity index (χ0) is 15.2. The average molecular weight is 323 g/mol. The van der Waals surface area contributed by atoms with Gasteiger partial charge in [0.1, 0.15) is 5.75 Å². The van der Waals surface area contributed by atoms with Crippen LogP contribution in [0.2, 0.25) is 5.02 Å². The van der Waals surface area contributed by atoms with Crippen molar-refractivity contribution in [3.63, 3.8) is 0 Å². The van der Waals surface area contributed by atoms with Gasteiger partial charge in [0.15, 0.2) is 0 Å². The van der Waals surface area contributed by atoms with E-state index in [4.69, 9.17) is 16.3 Å². The summed E-state index contributed by atoms with van der Waals surface area (Å²) in [5.41, 5.74) is 1.23. The molecule has 1 heterocycles. The van der Waals surface area contributed by atoms with Crippen molar-refractivity contribution in [1.29, 1.82) is 0 Å². The molecule has 3 nitrogen and oxygen atoms in total. The SMILES string of the molecule is CNC(c1ccc(OC)cc1)C(C)Sc1ccc(Cl)cn1. The van der Waals surface area contributed by atoms with Gasteiger partial charge in [0, 0.05) is 17.5 Å². The lowest BCUT2D eigenvalue weighted by Gasteiger charge is -2.23. The molecular formula is C16H19ClN2OS. The van der Waals surface area contributed by atoms with Crippen LogP contribution in [0.25, 0.3) is 0 Å². The van der Waals surface area contributed by atoms with Crippen LogP contribution in [0, 0.1) is 0 Å². The van der Waals surface area contributed by atoms with Crippen LogP contribution in [-0.2, 0) is 0 Å². The second-order valence-corrected chi connectivity index (χ2v) is 6.51. The lowest BCUT2D eigenvalue weighted by atomic mass is 10.0. The minimum atomic E-state index is 0.235. The van der Waals surface area contributed by atoms with E-state index in [2.05, 4.69) is 29.4 Å².